The molecule has 0 bridgehead atoms. The molecule has 1 N–H and O–H groups in total. The highest BCUT2D eigenvalue weighted by atomic mass is 32.1. The van der Waals surface area contributed by atoms with Crippen LogP contribution in [0.15, 0.2) is 45.4 Å². The molecule has 2 aromatic heterocycles. The average molecular weight is 463 g/mol. The number of aryl methyl sites for hydroxylation is 1. The maximum atomic E-state index is 13.3. The third-order valence-corrected chi connectivity index (χ3v) is 6.75. The molecule has 2 heterocycles. The highest BCUT2D eigenvalue weighted by Crippen LogP contribution is 2.41. The number of aromatic hydroxyl groups is 1. The van der Waals surface area contributed by atoms with E-state index < -0.39 is 17.4 Å². The van der Waals surface area contributed by atoms with Crippen LogP contribution >= 0.6 is 11.3 Å². The number of carbonyl (C=O) groups is 1. The molecule has 0 unspecified atom stereocenters. The third kappa shape index (κ3) is 4.05. The van der Waals surface area contributed by atoms with Crippen LogP contribution in [0.2, 0.25) is 0 Å². The quantitative estimate of drug-likeness (QED) is 0.410. The molecule has 9 heteroatoms. The van der Waals surface area contributed by atoms with E-state index in [1.807, 2.05) is 6.07 Å². The topological polar surface area (TPSA) is 117 Å². The molecule has 4 rings (SSSR count). The van der Waals surface area contributed by atoms with E-state index >= 15 is 0 Å². The number of fused-ring (bicyclic) bond motifs is 1. The van der Waals surface area contributed by atoms with Crippen LogP contribution in [0.5, 0.6) is 5.88 Å². The SMILES string of the molecule is CCOC(=O)c1c(N=Nc2c(C)c(C#N)c(O)n(-c3ccccc3)c2=O)sc2c1CCCC2. The first-order valence-corrected chi connectivity index (χ1v) is 11.5. The van der Waals surface area contributed by atoms with Crippen molar-refractivity contribution in [1.82, 2.24) is 4.57 Å². The lowest BCUT2D eigenvalue weighted by atomic mass is 9.95. The molecule has 1 aliphatic carbocycles. The number of para-hydroxylation sites is 1. The monoisotopic (exact) mass is 462 g/mol. The summed E-state index contributed by atoms with van der Waals surface area (Å²) < 4.78 is 6.28. The van der Waals surface area contributed by atoms with Gasteiger partial charge in [0.15, 0.2) is 10.7 Å². The average Bonchev–Trinajstić information content (AvgIpc) is 3.18. The van der Waals surface area contributed by atoms with E-state index in [4.69, 9.17) is 4.74 Å². The first kappa shape index (κ1) is 22.4. The van der Waals surface area contributed by atoms with Gasteiger partial charge in [0, 0.05) is 10.4 Å². The zero-order chi connectivity index (χ0) is 23.5. The van der Waals surface area contributed by atoms with Crippen LogP contribution in [0.4, 0.5) is 10.7 Å². The van der Waals surface area contributed by atoms with Gasteiger partial charge in [-0.05, 0) is 57.2 Å². The van der Waals surface area contributed by atoms with Gasteiger partial charge >= 0.3 is 5.97 Å². The minimum absolute atomic E-state index is 0.0662. The Morgan fingerprint density at radius 2 is 1.97 bits per heavy atom. The number of esters is 1. The Labute approximate surface area is 194 Å². The van der Waals surface area contributed by atoms with Crippen molar-refractivity contribution in [3.05, 3.63) is 67.8 Å². The van der Waals surface area contributed by atoms with Crippen molar-refractivity contribution in [3.8, 4) is 17.6 Å². The zero-order valence-corrected chi connectivity index (χ0v) is 19.1. The molecule has 0 spiro atoms. The lowest BCUT2D eigenvalue weighted by Gasteiger charge is -2.13. The molecule has 0 fully saturated rings. The molecule has 0 atom stereocenters. The molecule has 0 radical (unpaired) electrons. The number of benzene rings is 1. The molecule has 8 nitrogen and oxygen atoms in total. The fourth-order valence-electron chi connectivity index (χ4n) is 3.96. The summed E-state index contributed by atoms with van der Waals surface area (Å²) in [7, 11) is 0. The highest BCUT2D eigenvalue weighted by molar-refractivity contribution is 7.16. The normalized spacial score (nSPS) is 13.0. The number of nitriles is 1. The second-order valence-electron chi connectivity index (χ2n) is 7.57. The molecular formula is C24H22N4O4S. The molecule has 1 aliphatic rings. The minimum Gasteiger partial charge on any atom is -0.493 e. The molecule has 3 aromatic rings. The molecule has 33 heavy (non-hydrogen) atoms. The van der Waals surface area contributed by atoms with E-state index in [-0.39, 0.29) is 23.4 Å². The van der Waals surface area contributed by atoms with E-state index in [0.717, 1.165) is 40.7 Å². The van der Waals surface area contributed by atoms with E-state index in [1.165, 1.54) is 18.3 Å². The van der Waals surface area contributed by atoms with Crippen LogP contribution in [0.25, 0.3) is 5.69 Å². The highest BCUT2D eigenvalue weighted by Gasteiger charge is 2.27. The van der Waals surface area contributed by atoms with Gasteiger partial charge in [-0.25, -0.2) is 9.36 Å². The number of hydrogen-bond donors (Lipinski definition) is 1. The van der Waals surface area contributed by atoms with Gasteiger partial charge in [-0.2, -0.15) is 5.26 Å². The molecule has 1 aromatic carbocycles. The smallest absolute Gasteiger partial charge is 0.341 e. The van der Waals surface area contributed by atoms with Crippen molar-refractivity contribution in [1.29, 1.82) is 5.26 Å². The van der Waals surface area contributed by atoms with Crippen molar-refractivity contribution in [2.45, 2.75) is 39.5 Å². The molecule has 0 saturated carbocycles. The summed E-state index contributed by atoms with van der Waals surface area (Å²) in [4.78, 5) is 27.0. The van der Waals surface area contributed by atoms with Gasteiger partial charge in [-0.1, -0.05) is 18.2 Å². The maximum Gasteiger partial charge on any atom is 0.341 e. The summed E-state index contributed by atoms with van der Waals surface area (Å²) in [6.45, 7) is 3.52. The van der Waals surface area contributed by atoms with Gasteiger partial charge in [0.05, 0.1) is 12.3 Å². The van der Waals surface area contributed by atoms with Crippen LogP contribution in [-0.4, -0.2) is 22.2 Å². The standard InChI is InChI=1S/C24H22N4O4S/c1-3-32-24(31)19-16-11-7-8-12-18(16)33-21(19)27-26-20-14(2)17(13-25)22(29)28(23(20)30)15-9-5-4-6-10-15/h4-6,9-10,29H,3,7-8,11-12H2,1-2H3. The fourth-order valence-corrected chi connectivity index (χ4v) is 5.16. The number of hydrogen-bond acceptors (Lipinski definition) is 8. The summed E-state index contributed by atoms with van der Waals surface area (Å²) in [5.74, 6) is -0.906. The number of thiophene rings is 1. The number of pyridine rings is 1. The Bertz CT molecular complexity index is 1350. The van der Waals surface area contributed by atoms with Gasteiger partial charge < -0.3 is 9.84 Å². The number of rotatable bonds is 5. The summed E-state index contributed by atoms with van der Waals surface area (Å²) in [5.41, 5.74) is 1.21. The second-order valence-corrected chi connectivity index (χ2v) is 8.66. The van der Waals surface area contributed by atoms with E-state index in [9.17, 15) is 20.0 Å². The van der Waals surface area contributed by atoms with Gasteiger partial charge in [0.2, 0.25) is 5.88 Å². The Hall–Kier alpha value is -3.77. The Kier molecular flexibility index (Phi) is 6.38. The van der Waals surface area contributed by atoms with Gasteiger partial charge in [0.1, 0.15) is 17.2 Å². The Balaban J connectivity index is 1.88. The molecule has 0 saturated heterocycles. The molecule has 168 valence electrons. The first-order chi connectivity index (χ1) is 16.0. The Morgan fingerprint density at radius 1 is 1.24 bits per heavy atom. The van der Waals surface area contributed by atoms with E-state index in [2.05, 4.69) is 10.2 Å². The van der Waals surface area contributed by atoms with Crippen molar-refractivity contribution in [2.24, 2.45) is 10.2 Å². The summed E-state index contributed by atoms with van der Waals surface area (Å²) >= 11 is 1.38. The minimum atomic E-state index is -0.613. The predicted octanol–water partition coefficient (Wildman–Crippen LogP) is 5.26. The van der Waals surface area contributed by atoms with Crippen molar-refractivity contribution in [3.63, 3.8) is 0 Å². The van der Waals surface area contributed by atoms with Crippen molar-refractivity contribution in [2.75, 3.05) is 6.61 Å². The second kappa shape index (κ2) is 9.38. The maximum absolute atomic E-state index is 13.3. The van der Waals surface area contributed by atoms with Crippen LogP contribution in [0.3, 0.4) is 0 Å². The van der Waals surface area contributed by atoms with E-state index in [0.29, 0.717) is 16.3 Å². The third-order valence-electron chi connectivity index (χ3n) is 5.57. The number of azo groups is 1. The fraction of sp³-hybridized carbons (Fsp3) is 0.292. The van der Waals surface area contributed by atoms with Crippen LogP contribution < -0.4 is 5.56 Å². The van der Waals surface area contributed by atoms with Gasteiger partial charge in [-0.15, -0.1) is 21.6 Å². The molecular weight excluding hydrogens is 440 g/mol. The molecule has 0 amide bonds. The van der Waals surface area contributed by atoms with Crippen molar-refractivity contribution < 1.29 is 14.6 Å². The summed E-state index contributed by atoms with van der Waals surface area (Å²) in [6.07, 6.45) is 3.65. The Morgan fingerprint density at radius 3 is 2.67 bits per heavy atom. The first-order valence-electron chi connectivity index (χ1n) is 10.6. The van der Waals surface area contributed by atoms with E-state index in [1.54, 1.807) is 37.3 Å². The van der Waals surface area contributed by atoms with Gasteiger partial charge in [-0.3, -0.25) is 4.79 Å². The lowest BCUT2D eigenvalue weighted by molar-refractivity contribution is 0.0526. The van der Waals surface area contributed by atoms with Crippen molar-refractivity contribution >= 4 is 28.0 Å². The summed E-state index contributed by atoms with van der Waals surface area (Å²) in [5, 5.41) is 29.1. The lowest BCUT2D eigenvalue weighted by Crippen LogP contribution is -2.20. The predicted molar refractivity (Wildman–Crippen MR) is 124 cm³/mol. The summed E-state index contributed by atoms with van der Waals surface area (Å²) in [6, 6.07) is 10.4. The van der Waals surface area contributed by atoms with Gasteiger partial charge in [0.25, 0.3) is 5.56 Å². The van der Waals surface area contributed by atoms with Crippen LogP contribution in [-0.2, 0) is 17.6 Å². The number of carbonyl (C=O) groups excluding carboxylic acids is 1. The number of nitrogens with zero attached hydrogens (tertiary/aromatic N) is 4. The number of aromatic nitrogens is 1. The largest absolute Gasteiger partial charge is 0.493 e. The number of ether oxygens (including phenoxy) is 1. The van der Waals surface area contributed by atoms with Crippen LogP contribution in [0.1, 0.15) is 51.7 Å². The van der Waals surface area contributed by atoms with Crippen LogP contribution in [0, 0.1) is 18.3 Å². The molecule has 0 aliphatic heterocycles. The zero-order valence-electron chi connectivity index (χ0n) is 18.3.